The lowest BCUT2D eigenvalue weighted by molar-refractivity contribution is 0.103. The lowest BCUT2D eigenvalue weighted by atomic mass is 10.0. The second-order valence-electron chi connectivity index (χ2n) is 6.21. The van der Waals surface area contributed by atoms with Gasteiger partial charge in [0.15, 0.2) is 11.6 Å². The van der Waals surface area contributed by atoms with Crippen LogP contribution >= 0.6 is 0 Å². The van der Waals surface area contributed by atoms with Crippen LogP contribution in [0.15, 0.2) is 36.7 Å². The largest absolute Gasteiger partial charge is 0.345 e. The number of halogens is 1. The number of benzene rings is 1. The van der Waals surface area contributed by atoms with Crippen LogP contribution in [0.2, 0.25) is 0 Å². The van der Waals surface area contributed by atoms with Crippen LogP contribution in [0.5, 0.6) is 0 Å². The number of aromatic nitrogens is 2. The number of aromatic amines is 1. The van der Waals surface area contributed by atoms with E-state index in [1.165, 1.54) is 24.4 Å². The molecule has 0 amide bonds. The lowest BCUT2D eigenvalue weighted by Gasteiger charge is -2.10. The molecule has 2 N–H and O–H groups in total. The number of nitrogens with zero attached hydrogens (tertiary/aromatic N) is 1. The van der Waals surface area contributed by atoms with Gasteiger partial charge in [-0.3, -0.25) is 9.52 Å². The topological polar surface area (TPSA) is 91.9 Å². The molecule has 8 heteroatoms. The maximum absolute atomic E-state index is 14.9. The third-order valence-electron chi connectivity index (χ3n) is 4.22. The Bertz CT molecular complexity index is 1110. The first-order valence-electron chi connectivity index (χ1n) is 8.66. The molecule has 0 aliphatic heterocycles. The van der Waals surface area contributed by atoms with E-state index in [4.69, 9.17) is 0 Å². The molecule has 0 unspecified atom stereocenters. The average molecular weight is 389 g/mol. The number of sulfonamides is 1. The average Bonchev–Trinajstić information content (AvgIpc) is 3.05. The number of hydrogen-bond acceptors (Lipinski definition) is 4. The first-order chi connectivity index (χ1) is 12.9. The normalized spacial score (nSPS) is 11.7. The van der Waals surface area contributed by atoms with Gasteiger partial charge < -0.3 is 4.98 Å². The van der Waals surface area contributed by atoms with Crippen molar-refractivity contribution in [1.29, 1.82) is 0 Å². The van der Waals surface area contributed by atoms with Crippen molar-refractivity contribution in [1.82, 2.24) is 9.97 Å². The zero-order valence-electron chi connectivity index (χ0n) is 15.0. The highest BCUT2D eigenvalue weighted by molar-refractivity contribution is 7.92. The zero-order chi connectivity index (χ0) is 19.6. The maximum atomic E-state index is 14.9. The zero-order valence-corrected chi connectivity index (χ0v) is 15.9. The van der Waals surface area contributed by atoms with E-state index in [9.17, 15) is 17.6 Å². The smallest absolute Gasteiger partial charge is 0.232 e. The number of H-pyrrole nitrogens is 1. The monoisotopic (exact) mass is 389 g/mol. The predicted molar refractivity (Wildman–Crippen MR) is 103 cm³/mol. The summed E-state index contributed by atoms with van der Waals surface area (Å²) in [6.45, 7) is 3.69. The quantitative estimate of drug-likeness (QED) is 0.604. The molecule has 6 nitrogen and oxygen atoms in total. The Labute approximate surface area is 156 Å². The van der Waals surface area contributed by atoms with Crippen molar-refractivity contribution < 1.29 is 17.6 Å². The van der Waals surface area contributed by atoms with E-state index in [-0.39, 0.29) is 17.0 Å². The van der Waals surface area contributed by atoms with Gasteiger partial charge in [-0.1, -0.05) is 19.9 Å². The number of anilines is 1. The number of ketones is 1. The van der Waals surface area contributed by atoms with Gasteiger partial charge >= 0.3 is 0 Å². The summed E-state index contributed by atoms with van der Waals surface area (Å²) in [4.78, 5) is 20.1. The number of nitrogens with one attached hydrogen (secondary N) is 2. The fourth-order valence-corrected chi connectivity index (χ4v) is 3.98. The molecule has 0 bridgehead atoms. The summed E-state index contributed by atoms with van der Waals surface area (Å²) in [6, 6.07) is 5.93. The first kappa shape index (κ1) is 19.0. The minimum atomic E-state index is -3.66. The van der Waals surface area contributed by atoms with E-state index in [0.29, 0.717) is 23.0 Å². The number of fused-ring (bicyclic) bond motifs is 1. The number of hydrogen-bond donors (Lipinski definition) is 2. The fraction of sp³-hybridized carbons (Fsp3) is 0.263. The Morgan fingerprint density at radius 1 is 1.26 bits per heavy atom. The Balaban J connectivity index is 2.02. The fourth-order valence-electron chi connectivity index (χ4n) is 2.85. The highest BCUT2D eigenvalue weighted by Crippen LogP contribution is 2.25. The molecule has 0 aliphatic rings. The molecular formula is C19H20FN3O3S. The van der Waals surface area contributed by atoms with Crippen LogP contribution in [-0.4, -0.2) is 29.9 Å². The van der Waals surface area contributed by atoms with Gasteiger partial charge in [-0.15, -0.1) is 0 Å². The molecule has 0 fully saturated rings. The van der Waals surface area contributed by atoms with Crippen molar-refractivity contribution in [3.05, 3.63) is 59.2 Å². The summed E-state index contributed by atoms with van der Waals surface area (Å²) >= 11 is 0. The second kappa shape index (κ2) is 7.48. The summed E-state index contributed by atoms with van der Waals surface area (Å²) in [5.41, 5.74) is 1.35. The van der Waals surface area contributed by atoms with Crippen molar-refractivity contribution >= 4 is 32.5 Å². The van der Waals surface area contributed by atoms with Gasteiger partial charge in [-0.25, -0.2) is 17.8 Å². The molecule has 0 spiro atoms. The van der Waals surface area contributed by atoms with E-state index in [1.807, 2.05) is 13.0 Å². The molecular weight excluding hydrogens is 369 g/mol. The van der Waals surface area contributed by atoms with Crippen LogP contribution in [0.3, 0.4) is 0 Å². The summed E-state index contributed by atoms with van der Waals surface area (Å²) < 4.78 is 40.9. The summed E-state index contributed by atoms with van der Waals surface area (Å²) in [5, 5.41) is 0.607. The van der Waals surface area contributed by atoms with Crippen LogP contribution in [0.4, 0.5) is 10.1 Å². The highest BCUT2D eigenvalue weighted by atomic mass is 32.2. The van der Waals surface area contributed by atoms with Crippen molar-refractivity contribution in [3.63, 3.8) is 0 Å². The number of carbonyl (C=O) groups is 1. The highest BCUT2D eigenvalue weighted by Gasteiger charge is 2.22. The van der Waals surface area contributed by atoms with Crippen LogP contribution < -0.4 is 4.72 Å². The van der Waals surface area contributed by atoms with Crippen LogP contribution in [0.1, 0.15) is 41.8 Å². The predicted octanol–water partition coefficient (Wildman–Crippen LogP) is 3.65. The molecule has 0 radical (unpaired) electrons. The Hall–Kier alpha value is -2.74. The minimum Gasteiger partial charge on any atom is -0.345 e. The molecule has 0 aliphatic carbocycles. The van der Waals surface area contributed by atoms with E-state index >= 15 is 0 Å². The number of pyridine rings is 1. The Morgan fingerprint density at radius 2 is 2.04 bits per heavy atom. The summed E-state index contributed by atoms with van der Waals surface area (Å²) in [6.07, 6.45) is 4.37. The van der Waals surface area contributed by atoms with Crippen LogP contribution in [0, 0.1) is 5.82 Å². The van der Waals surface area contributed by atoms with E-state index in [2.05, 4.69) is 14.7 Å². The minimum absolute atomic E-state index is 0.126. The third kappa shape index (κ3) is 3.85. The molecule has 0 saturated carbocycles. The lowest BCUT2D eigenvalue weighted by Crippen LogP contribution is -2.18. The van der Waals surface area contributed by atoms with Crippen molar-refractivity contribution in [2.24, 2.45) is 0 Å². The third-order valence-corrected chi connectivity index (χ3v) is 5.70. The van der Waals surface area contributed by atoms with Crippen LogP contribution in [-0.2, 0) is 16.4 Å². The molecule has 0 saturated heterocycles. The van der Waals surface area contributed by atoms with Crippen molar-refractivity contribution in [2.45, 2.75) is 26.7 Å². The standard InChI is InChI=1S/C19H20FN3O3S/c1-3-8-27(25,26)23-16-7-5-6-13(17(16)20)18(24)15-11-22-19-14(15)9-12(4-2)10-21-19/h5-7,9-11,23H,3-4,8H2,1-2H3,(H,21,22). The van der Waals surface area contributed by atoms with Crippen LogP contribution in [0.25, 0.3) is 11.0 Å². The van der Waals surface area contributed by atoms with Gasteiger partial charge in [0, 0.05) is 23.3 Å². The molecule has 27 heavy (non-hydrogen) atoms. The summed E-state index contributed by atoms with van der Waals surface area (Å²) in [7, 11) is -3.66. The maximum Gasteiger partial charge on any atom is 0.232 e. The van der Waals surface area contributed by atoms with Gasteiger partial charge in [-0.05, 0) is 36.6 Å². The SMILES string of the molecule is CCCS(=O)(=O)Nc1cccc(C(=O)c2c[nH]c3ncc(CC)cc23)c1F. The van der Waals surface area contributed by atoms with Crippen molar-refractivity contribution in [3.8, 4) is 0 Å². The number of rotatable bonds is 7. The number of aryl methyl sites for hydroxylation is 1. The van der Waals surface area contributed by atoms with Gasteiger partial charge in [0.25, 0.3) is 0 Å². The second-order valence-corrected chi connectivity index (χ2v) is 8.05. The molecule has 0 atom stereocenters. The molecule has 3 rings (SSSR count). The van der Waals surface area contributed by atoms with Gasteiger partial charge in [0.05, 0.1) is 17.0 Å². The number of carbonyl (C=O) groups excluding carboxylic acids is 1. The van der Waals surface area contributed by atoms with Crippen molar-refractivity contribution in [2.75, 3.05) is 10.5 Å². The van der Waals surface area contributed by atoms with E-state index in [1.54, 1.807) is 13.1 Å². The van der Waals surface area contributed by atoms with Gasteiger partial charge in [0.2, 0.25) is 10.0 Å². The van der Waals surface area contributed by atoms with E-state index < -0.39 is 21.6 Å². The molecule has 3 aromatic rings. The molecule has 1 aromatic carbocycles. The molecule has 142 valence electrons. The Morgan fingerprint density at radius 3 is 2.74 bits per heavy atom. The van der Waals surface area contributed by atoms with E-state index in [0.717, 1.165) is 12.0 Å². The Kier molecular flexibility index (Phi) is 5.27. The summed E-state index contributed by atoms with van der Waals surface area (Å²) in [5.74, 6) is -1.56. The van der Waals surface area contributed by atoms with Gasteiger partial charge in [0.1, 0.15) is 5.65 Å². The first-order valence-corrected chi connectivity index (χ1v) is 10.3. The molecule has 2 aromatic heterocycles. The van der Waals surface area contributed by atoms with Gasteiger partial charge in [-0.2, -0.15) is 0 Å². The molecule has 2 heterocycles.